The number of aryl methyl sites for hydroxylation is 1. The molecule has 0 saturated carbocycles. The molecular formula is C17H22ClN3. The highest BCUT2D eigenvalue weighted by Gasteiger charge is 2.19. The highest BCUT2D eigenvalue weighted by atomic mass is 35.5. The molecule has 1 heterocycles. The summed E-state index contributed by atoms with van der Waals surface area (Å²) in [4.78, 5) is 4.59. The molecule has 2 aromatic rings. The Morgan fingerprint density at radius 3 is 2.90 bits per heavy atom. The van der Waals surface area contributed by atoms with E-state index in [2.05, 4.69) is 34.8 Å². The average Bonchev–Trinajstić information content (AvgIpc) is 2.89. The fourth-order valence-corrected chi connectivity index (χ4v) is 3.23. The number of para-hydroxylation sites is 1. The van der Waals surface area contributed by atoms with Crippen LogP contribution in [0, 0.1) is 0 Å². The van der Waals surface area contributed by atoms with Crippen LogP contribution >= 0.6 is 11.6 Å². The van der Waals surface area contributed by atoms with Crippen LogP contribution in [0.15, 0.2) is 24.5 Å². The molecular weight excluding hydrogens is 282 g/mol. The topological polar surface area (TPSA) is 29.9 Å². The minimum absolute atomic E-state index is 0.452. The number of hydrogen-bond acceptors (Lipinski definition) is 2. The smallest absolute Gasteiger partial charge is 0.0998 e. The van der Waals surface area contributed by atoms with Crippen molar-refractivity contribution in [2.45, 2.75) is 52.1 Å². The lowest BCUT2D eigenvalue weighted by atomic mass is 10.0. The first-order chi connectivity index (χ1) is 10.2. The van der Waals surface area contributed by atoms with E-state index >= 15 is 0 Å². The summed E-state index contributed by atoms with van der Waals surface area (Å²) >= 11 is 6.50. The summed E-state index contributed by atoms with van der Waals surface area (Å²) in [5, 5.41) is 4.27. The third kappa shape index (κ3) is 2.99. The van der Waals surface area contributed by atoms with E-state index in [1.54, 1.807) is 0 Å². The van der Waals surface area contributed by atoms with Gasteiger partial charge in [-0.15, -0.1) is 0 Å². The number of halogens is 1. The molecule has 4 heteroatoms. The van der Waals surface area contributed by atoms with E-state index in [1.807, 2.05) is 18.5 Å². The SMILES string of the molecule is CC(C)NCc1cccc(Cl)c1-n1cnc2c1CCCC2. The molecule has 0 radical (unpaired) electrons. The summed E-state index contributed by atoms with van der Waals surface area (Å²) in [6.45, 7) is 5.13. The van der Waals surface area contributed by atoms with Crippen molar-refractivity contribution in [3.63, 3.8) is 0 Å². The van der Waals surface area contributed by atoms with E-state index in [4.69, 9.17) is 11.6 Å². The second-order valence-electron chi connectivity index (χ2n) is 6.00. The molecule has 3 nitrogen and oxygen atoms in total. The van der Waals surface area contributed by atoms with E-state index in [0.29, 0.717) is 6.04 Å². The lowest BCUT2D eigenvalue weighted by molar-refractivity contribution is 0.586. The van der Waals surface area contributed by atoms with Crippen LogP contribution in [0.4, 0.5) is 0 Å². The van der Waals surface area contributed by atoms with Gasteiger partial charge in [0, 0.05) is 18.3 Å². The monoisotopic (exact) mass is 303 g/mol. The maximum absolute atomic E-state index is 6.50. The van der Waals surface area contributed by atoms with E-state index in [-0.39, 0.29) is 0 Å². The Labute approximate surface area is 131 Å². The number of fused-ring (bicyclic) bond motifs is 1. The molecule has 21 heavy (non-hydrogen) atoms. The van der Waals surface area contributed by atoms with Crippen LogP contribution < -0.4 is 5.32 Å². The van der Waals surface area contributed by atoms with Gasteiger partial charge in [-0.05, 0) is 37.3 Å². The van der Waals surface area contributed by atoms with Crippen molar-refractivity contribution in [3.05, 3.63) is 46.5 Å². The van der Waals surface area contributed by atoms with Crippen LogP contribution in [-0.4, -0.2) is 15.6 Å². The number of imidazole rings is 1. The van der Waals surface area contributed by atoms with Gasteiger partial charge in [0.25, 0.3) is 0 Å². The standard InChI is InChI=1S/C17H22ClN3/c1-12(2)19-10-13-6-5-7-14(18)17(13)21-11-20-15-8-3-4-9-16(15)21/h5-7,11-12,19H,3-4,8-10H2,1-2H3. The van der Waals surface area contributed by atoms with E-state index in [9.17, 15) is 0 Å². The predicted molar refractivity (Wildman–Crippen MR) is 87.2 cm³/mol. The minimum Gasteiger partial charge on any atom is -0.310 e. The maximum atomic E-state index is 6.50. The van der Waals surface area contributed by atoms with Gasteiger partial charge in [-0.2, -0.15) is 0 Å². The second kappa shape index (κ2) is 6.20. The van der Waals surface area contributed by atoms with Gasteiger partial charge in [0.15, 0.2) is 0 Å². The van der Waals surface area contributed by atoms with Crippen LogP contribution in [-0.2, 0) is 19.4 Å². The molecule has 112 valence electrons. The molecule has 1 N–H and O–H groups in total. The Bertz CT molecular complexity index is 631. The quantitative estimate of drug-likeness (QED) is 0.928. The zero-order chi connectivity index (χ0) is 14.8. The van der Waals surface area contributed by atoms with Crippen molar-refractivity contribution in [1.29, 1.82) is 0 Å². The van der Waals surface area contributed by atoms with Crippen molar-refractivity contribution in [1.82, 2.24) is 14.9 Å². The largest absolute Gasteiger partial charge is 0.310 e. The first kappa shape index (κ1) is 14.6. The number of aromatic nitrogens is 2. The highest BCUT2D eigenvalue weighted by molar-refractivity contribution is 6.32. The molecule has 0 saturated heterocycles. The van der Waals surface area contributed by atoms with E-state index < -0.39 is 0 Å². The maximum Gasteiger partial charge on any atom is 0.0998 e. The van der Waals surface area contributed by atoms with Crippen LogP contribution in [0.25, 0.3) is 5.69 Å². The second-order valence-corrected chi connectivity index (χ2v) is 6.41. The molecule has 0 bridgehead atoms. The summed E-state index contributed by atoms with van der Waals surface area (Å²) in [6.07, 6.45) is 6.61. The van der Waals surface area contributed by atoms with Gasteiger partial charge in [-0.25, -0.2) is 4.98 Å². The van der Waals surface area contributed by atoms with Crippen LogP contribution in [0.3, 0.4) is 0 Å². The van der Waals surface area contributed by atoms with E-state index in [0.717, 1.165) is 30.1 Å². The minimum atomic E-state index is 0.452. The van der Waals surface area contributed by atoms with Crippen molar-refractivity contribution in [2.75, 3.05) is 0 Å². The fraction of sp³-hybridized carbons (Fsp3) is 0.471. The molecule has 3 rings (SSSR count). The number of nitrogens with zero attached hydrogens (tertiary/aromatic N) is 2. The van der Waals surface area contributed by atoms with Crippen molar-refractivity contribution in [3.8, 4) is 5.69 Å². The molecule has 1 aliphatic rings. The molecule has 1 aromatic carbocycles. The molecule has 0 amide bonds. The Balaban J connectivity index is 2.03. The third-order valence-electron chi connectivity index (χ3n) is 4.04. The van der Waals surface area contributed by atoms with Gasteiger partial charge < -0.3 is 9.88 Å². The normalized spacial score (nSPS) is 14.5. The zero-order valence-electron chi connectivity index (χ0n) is 12.7. The third-order valence-corrected chi connectivity index (χ3v) is 4.35. The Kier molecular flexibility index (Phi) is 4.32. The Morgan fingerprint density at radius 1 is 1.29 bits per heavy atom. The summed E-state index contributed by atoms with van der Waals surface area (Å²) in [6, 6.07) is 6.58. The zero-order valence-corrected chi connectivity index (χ0v) is 13.5. The molecule has 0 aliphatic heterocycles. The van der Waals surface area contributed by atoms with Gasteiger partial charge in [0.05, 0.1) is 22.7 Å². The Hall–Kier alpha value is -1.32. The van der Waals surface area contributed by atoms with Crippen molar-refractivity contribution in [2.24, 2.45) is 0 Å². The van der Waals surface area contributed by atoms with Gasteiger partial charge in [0.1, 0.15) is 0 Å². The lowest BCUT2D eigenvalue weighted by Crippen LogP contribution is -2.23. The molecule has 1 aliphatic carbocycles. The number of rotatable bonds is 4. The average molecular weight is 304 g/mol. The fourth-order valence-electron chi connectivity index (χ4n) is 2.95. The van der Waals surface area contributed by atoms with Crippen molar-refractivity contribution >= 4 is 11.6 Å². The summed E-state index contributed by atoms with van der Waals surface area (Å²) in [5.74, 6) is 0. The summed E-state index contributed by atoms with van der Waals surface area (Å²) in [7, 11) is 0. The first-order valence-electron chi connectivity index (χ1n) is 7.73. The summed E-state index contributed by atoms with van der Waals surface area (Å²) < 4.78 is 2.20. The molecule has 1 aromatic heterocycles. The van der Waals surface area contributed by atoms with Gasteiger partial charge in [-0.3, -0.25) is 0 Å². The van der Waals surface area contributed by atoms with Gasteiger partial charge in [-0.1, -0.05) is 37.6 Å². The van der Waals surface area contributed by atoms with E-state index in [1.165, 1.54) is 29.8 Å². The van der Waals surface area contributed by atoms with Crippen molar-refractivity contribution < 1.29 is 0 Å². The molecule has 0 atom stereocenters. The van der Waals surface area contributed by atoms with Gasteiger partial charge >= 0.3 is 0 Å². The Morgan fingerprint density at radius 2 is 2.10 bits per heavy atom. The summed E-state index contributed by atoms with van der Waals surface area (Å²) in [5.41, 5.74) is 4.88. The van der Waals surface area contributed by atoms with Crippen LogP contribution in [0.2, 0.25) is 5.02 Å². The first-order valence-corrected chi connectivity index (χ1v) is 8.11. The predicted octanol–water partition coefficient (Wildman–Crippen LogP) is 3.90. The van der Waals surface area contributed by atoms with Gasteiger partial charge in [0.2, 0.25) is 0 Å². The van der Waals surface area contributed by atoms with Crippen LogP contribution in [0.5, 0.6) is 0 Å². The number of nitrogens with one attached hydrogen (secondary N) is 1. The lowest BCUT2D eigenvalue weighted by Gasteiger charge is -2.19. The number of hydrogen-bond donors (Lipinski definition) is 1. The van der Waals surface area contributed by atoms with Crippen LogP contribution in [0.1, 0.15) is 43.6 Å². The highest BCUT2D eigenvalue weighted by Crippen LogP contribution is 2.29. The molecule has 0 fully saturated rings. The molecule has 0 unspecified atom stereocenters. The number of benzene rings is 1. The molecule has 0 spiro atoms.